The van der Waals surface area contributed by atoms with E-state index in [0.717, 1.165) is 23.5 Å². The lowest BCUT2D eigenvalue weighted by Gasteiger charge is -2.17. The van der Waals surface area contributed by atoms with Crippen LogP contribution in [0.4, 0.5) is 0 Å². The molecule has 0 atom stereocenters. The van der Waals surface area contributed by atoms with Crippen LogP contribution in [0.15, 0.2) is 40.8 Å². The van der Waals surface area contributed by atoms with Crippen molar-refractivity contribution < 1.29 is 0 Å². The van der Waals surface area contributed by atoms with Crippen LogP contribution in [0.2, 0.25) is 0 Å². The average molecular weight is 418 g/mol. The number of aromatic amines is 1. The molecule has 0 unspecified atom stereocenters. The molecule has 0 spiro atoms. The highest BCUT2D eigenvalue weighted by Crippen LogP contribution is 2.31. The highest BCUT2D eigenvalue weighted by molar-refractivity contribution is 7.13. The van der Waals surface area contributed by atoms with Gasteiger partial charge in [0.1, 0.15) is 0 Å². The fourth-order valence-corrected chi connectivity index (χ4v) is 4.77. The third-order valence-electron chi connectivity index (χ3n) is 5.66. The molecule has 5 aromatic heterocycles. The van der Waals surface area contributed by atoms with E-state index in [2.05, 4.69) is 25.1 Å². The normalized spacial score (nSPS) is 15.3. The Balaban J connectivity index is 1.45. The molecule has 9 nitrogen and oxygen atoms in total. The number of hydrogen-bond acceptors (Lipinski definition) is 7. The van der Waals surface area contributed by atoms with Crippen LogP contribution in [0.5, 0.6) is 0 Å². The van der Waals surface area contributed by atoms with Gasteiger partial charge in [-0.05, 0) is 30.4 Å². The Morgan fingerprint density at radius 2 is 2.03 bits per heavy atom. The zero-order chi connectivity index (χ0) is 20.1. The molecule has 10 heteroatoms. The minimum absolute atomic E-state index is 0.242. The van der Waals surface area contributed by atoms with Gasteiger partial charge in [0.05, 0.1) is 15.8 Å². The Hall–Kier alpha value is -3.40. The van der Waals surface area contributed by atoms with Crippen molar-refractivity contribution in [2.45, 2.75) is 38.0 Å². The first-order valence-corrected chi connectivity index (χ1v) is 10.9. The molecule has 0 bridgehead atoms. The molecule has 150 valence electrons. The van der Waals surface area contributed by atoms with Gasteiger partial charge in [-0.2, -0.15) is 14.5 Å². The SMILES string of the molecule is O=c1c2cnc3nc(C4CCCCC4)nn3c2ccn1-c1n[nH]c(-c2cccs2)n1. The van der Waals surface area contributed by atoms with Crippen molar-refractivity contribution in [3.8, 4) is 16.6 Å². The summed E-state index contributed by atoms with van der Waals surface area (Å²) >= 11 is 1.56. The Bertz CT molecular complexity index is 1410. The van der Waals surface area contributed by atoms with E-state index in [4.69, 9.17) is 5.10 Å². The summed E-state index contributed by atoms with van der Waals surface area (Å²) in [6.07, 6.45) is 9.16. The smallest absolute Gasteiger partial charge is 0.268 e. The minimum atomic E-state index is -0.242. The Morgan fingerprint density at radius 3 is 2.87 bits per heavy atom. The molecule has 0 aliphatic heterocycles. The van der Waals surface area contributed by atoms with Crippen molar-refractivity contribution in [2.75, 3.05) is 0 Å². The van der Waals surface area contributed by atoms with Crippen LogP contribution in [0, 0.1) is 0 Å². The molecule has 0 radical (unpaired) electrons. The molecule has 0 saturated heterocycles. The van der Waals surface area contributed by atoms with Gasteiger partial charge in [0, 0.05) is 18.3 Å². The molecule has 1 aliphatic carbocycles. The maximum absolute atomic E-state index is 13.1. The van der Waals surface area contributed by atoms with E-state index in [9.17, 15) is 4.79 Å². The van der Waals surface area contributed by atoms with Crippen LogP contribution in [0.25, 0.3) is 33.3 Å². The van der Waals surface area contributed by atoms with Gasteiger partial charge in [0.25, 0.3) is 17.3 Å². The van der Waals surface area contributed by atoms with Gasteiger partial charge in [-0.25, -0.2) is 9.55 Å². The zero-order valence-corrected chi connectivity index (χ0v) is 16.8. The first-order chi connectivity index (χ1) is 14.8. The predicted molar refractivity (Wildman–Crippen MR) is 113 cm³/mol. The molecule has 5 heterocycles. The van der Waals surface area contributed by atoms with Gasteiger partial charge in [0.2, 0.25) is 0 Å². The van der Waals surface area contributed by atoms with E-state index in [1.54, 1.807) is 28.2 Å². The fraction of sp³-hybridized carbons (Fsp3) is 0.300. The molecule has 1 saturated carbocycles. The molecule has 30 heavy (non-hydrogen) atoms. The van der Waals surface area contributed by atoms with Gasteiger partial charge in [-0.3, -0.25) is 9.89 Å². The van der Waals surface area contributed by atoms with Crippen molar-refractivity contribution in [2.24, 2.45) is 0 Å². The van der Waals surface area contributed by atoms with E-state index in [-0.39, 0.29) is 5.56 Å². The number of fused-ring (bicyclic) bond motifs is 3. The monoisotopic (exact) mass is 418 g/mol. The van der Waals surface area contributed by atoms with Crippen molar-refractivity contribution in [1.82, 2.24) is 39.3 Å². The molecule has 1 fully saturated rings. The van der Waals surface area contributed by atoms with E-state index in [1.165, 1.54) is 23.8 Å². The predicted octanol–water partition coefficient (Wildman–Crippen LogP) is 3.32. The molecule has 0 amide bonds. The number of hydrogen-bond donors (Lipinski definition) is 1. The van der Waals surface area contributed by atoms with Crippen LogP contribution in [-0.2, 0) is 0 Å². The number of thiophene rings is 1. The van der Waals surface area contributed by atoms with Crippen LogP contribution >= 0.6 is 11.3 Å². The minimum Gasteiger partial charge on any atom is -0.268 e. The lowest BCUT2D eigenvalue weighted by molar-refractivity contribution is 0.429. The van der Waals surface area contributed by atoms with Gasteiger partial charge in [0.15, 0.2) is 11.6 Å². The second-order valence-corrected chi connectivity index (χ2v) is 8.47. The van der Waals surface area contributed by atoms with Gasteiger partial charge in [-0.15, -0.1) is 21.5 Å². The van der Waals surface area contributed by atoms with E-state index in [1.807, 2.05) is 23.6 Å². The quantitative estimate of drug-likeness (QED) is 0.482. The molecule has 1 N–H and O–H groups in total. The Morgan fingerprint density at radius 1 is 1.13 bits per heavy atom. The fourth-order valence-electron chi connectivity index (χ4n) is 4.11. The molecular weight excluding hydrogens is 400 g/mol. The average Bonchev–Trinajstić information content (AvgIpc) is 3.54. The number of aromatic nitrogens is 8. The summed E-state index contributed by atoms with van der Waals surface area (Å²) in [5.74, 6) is 2.66. The van der Waals surface area contributed by atoms with E-state index >= 15 is 0 Å². The van der Waals surface area contributed by atoms with Crippen LogP contribution < -0.4 is 5.56 Å². The highest BCUT2D eigenvalue weighted by atomic mass is 32.1. The van der Waals surface area contributed by atoms with Crippen molar-refractivity contribution >= 4 is 28.0 Å². The molecular formula is C20H18N8OS. The van der Waals surface area contributed by atoms with E-state index in [0.29, 0.717) is 34.4 Å². The second kappa shape index (κ2) is 6.84. The second-order valence-electron chi connectivity index (χ2n) is 7.53. The summed E-state index contributed by atoms with van der Waals surface area (Å²) < 4.78 is 3.10. The Kier molecular flexibility index (Phi) is 3.98. The summed E-state index contributed by atoms with van der Waals surface area (Å²) in [5.41, 5.74) is 0.443. The number of H-pyrrole nitrogens is 1. The summed E-state index contributed by atoms with van der Waals surface area (Å²) in [5, 5.41) is 14.2. The van der Waals surface area contributed by atoms with Crippen molar-refractivity contribution in [1.29, 1.82) is 0 Å². The van der Waals surface area contributed by atoms with Crippen molar-refractivity contribution in [3.63, 3.8) is 0 Å². The number of nitrogens with one attached hydrogen (secondary N) is 1. The number of pyridine rings is 1. The summed E-state index contributed by atoms with van der Waals surface area (Å²) in [7, 11) is 0. The molecule has 6 rings (SSSR count). The highest BCUT2D eigenvalue weighted by Gasteiger charge is 2.21. The number of nitrogens with zero attached hydrogens (tertiary/aromatic N) is 7. The van der Waals surface area contributed by atoms with Crippen LogP contribution in [-0.4, -0.2) is 39.3 Å². The topological polar surface area (TPSA) is 107 Å². The summed E-state index contributed by atoms with van der Waals surface area (Å²) in [6.45, 7) is 0. The first-order valence-electron chi connectivity index (χ1n) is 10.0. The number of rotatable bonds is 3. The molecule has 0 aromatic carbocycles. The lowest BCUT2D eigenvalue weighted by atomic mass is 9.89. The zero-order valence-electron chi connectivity index (χ0n) is 16.0. The van der Waals surface area contributed by atoms with Gasteiger partial charge >= 0.3 is 0 Å². The molecule has 5 aromatic rings. The van der Waals surface area contributed by atoms with Crippen LogP contribution in [0.3, 0.4) is 0 Å². The lowest BCUT2D eigenvalue weighted by Crippen LogP contribution is -2.20. The largest absolute Gasteiger partial charge is 0.268 e. The maximum atomic E-state index is 13.1. The maximum Gasteiger partial charge on any atom is 0.268 e. The van der Waals surface area contributed by atoms with Gasteiger partial charge < -0.3 is 0 Å². The van der Waals surface area contributed by atoms with Crippen LogP contribution in [0.1, 0.15) is 43.8 Å². The first kappa shape index (κ1) is 17.5. The van der Waals surface area contributed by atoms with Gasteiger partial charge in [-0.1, -0.05) is 25.3 Å². The standard InChI is InChI=1S/C20H18N8OS/c29-18-13-11-21-19-22-16(12-5-2-1-3-6-12)26-28(19)14(13)8-9-27(18)20-23-17(24-25-20)15-7-4-10-30-15/h4,7-12H,1-3,5-6H2,(H,23,24,25). The van der Waals surface area contributed by atoms with Crippen molar-refractivity contribution in [3.05, 3.63) is 52.2 Å². The third kappa shape index (κ3) is 2.75. The third-order valence-corrected chi connectivity index (χ3v) is 6.54. The van der Waals surface area contributed by atoms with E-state index < -0.39 is 0 Å². The Labute approximate surface area is 174 Å². The summed E-state index contributed by atoms with van der Waals surface area (Å²) in [4.78, 5) is 27.6. The molecule has 1 aliphatic rings. The summed E-state index contributed by atoms with van der Waals surface area (Å²) in [6, 6.07) is 5.74.